The van der Waals surface area contributed by atoms with Crippen LogP contribution in [0.1, 0.15) is 15.9 Å². The van der Waals surface area contributed by atoms with Crippen molar-refractivity contribution in [3.8, 4) is 5.75 Å². The molecule has 1 fully saturated rings. The molecule has 0 unspecified atom stereocenters. The Morgan fingerprint density at radius 3 is 2.30 bits per heavy atom. The molecule has 30 heavy (non-hydrogen) atoms. The number of aliphatic imine (C=N–C) groups is 1. The average Bonchev–Trinajstić information content (AvgIpc) is 2.79. The Morgan fingerprint density at radius 1 is 1.03 bits per heavy atom. The number of methoxy groups -OCH3 is 2. The third kappa shape index (κ3) is 5.78. The van der Waals surface area contributed by atoms with Gasteiger partial charge in [-0.05, 0) is 29.8 Å². The second-order valence-electron chi connectivity index (χ2n) is 6.74. The number of nitrogens with one attached hydrogen (secondary N) is 1. The number of piperazine rings is 1. The standard InChI is InChI=1S/C22H28N4O3.HI/c1-23-22(24-16-17-8-10-18(11-9-17)21(27)29-3)26-14-12-25(13-15-26)19-6-4-5-7-20(19)28-2;/h4-11H,12-16H2,1-3H3,(H,23,24);1H. The van der Waals surface area contributed by atoms with Gasteiger partial charge in [-0.25, -0.2) is 4.79 Å². The van der Waals surface area contributed by atoms with Crippen LogP contribution in [0.15, 0.2) is 53.5 Å². The van der Waals surface area contributed by atoms with Crippen molar-refractivity contribution in [2.45, 2.75) is 6.54 Å². The van der Waals surface area contributed by atoms with E-state index < -0.39 is 0 Å². The molecule has 3 rings (SSSR count). The summed E-state index contributed by atoms with van der Waals surface area (Å²) in [5.41, 5.74) is 2.75. The van der Waals surface area contributed by atoms with Crippen molar-refractivity contribution in [2.75, 3.05) is 52.3 Å². The van der Waals surface area contributed by atoms with Crippen LogP contribution in [0.5, 0.6) is 5.75 Å². The third-order valence-electron chi connectivity index (χ3n) is 5.04. The zero-order valence-corrected chi connectivity index (χ0v) is 20.0. The van der Waals surface area contributed by atoms with Gasteiger partial charge in [0.05, 0.1) is 25.5 Å². The van der Waals surface area contributed by atoms with Crippen LogP contribution >= 0.6 is 24.0 Å². The van der Waals surface area contributed by atoms with Gasteiger partial charge in [-0.15, -0.1) is 24.0 Å². The molecular formula is C22H29IN4O3. The zero-order chi connectivity index (χ0) is 20.6. The lowest BCUT2D eigenvalue weighted by molar-refractivity contribution is 0.0600. The molecule has 0 bridgehead atoms. The number of para-hydroxylation sites is 2. The Kier molecular flexibility index (Phi) is 9.22. The minimum absolute atomic E-state index is 0. The summed E-state index contributed by atoms with van der Waals surface area (Å²) < 4.78 is 10.2. The first-order valence-electron chi connectivity index (χ1n) is 9.67. The van der Waals surface area contributed by atoms with Crippen LogP contribution in [0, 0.1) is 0 Å². The minimum atomic E-state index is -0.326. The molecule has 1 heterocycles. The normalized spacial score (nSPS) is 14.0. The van der Waals surface area contributed by atoms with Gasteiger partial charge in [0, 0.05) is 39.8 Å². The number of carbonyl (C=O) groups excluding carboxylic acids is 1. The van der Waals surface area contributed by atoms with Crippen LogP contribution in [0.4, 0.5) is 5.69 Å². The SMILES string of the molecule is CN=C(NCc1ccc(C(=O)OC)cc1)N1CCN(c2ccccc2OC)CC1.I. The number of guanidine groups is 1. The highest BCUT2D eigenvalue weighted by Gasteiger charge is 2.21. The largest absolute Gasteiger partial charge is 0.495 e. The van der Waals surface area contributed by atoms with Crippen LogP contribution in [-0.4, -0.2) is 64.3 Å². The number of hydrogen-bond acceptors (Lipinski definition) is 5. The highest BCUT2D eigenvalue weighted by molar-refractivity contribution is 14.0. The Bertz CT molecular complexity index is 850. The predicted molar refractivity (Wildman–Crippen MR) is 130 cm³/mol. The first-order valence-corrected chi connectivity index (χ1v) is 9.67. The van der Waals surface area contributed by atoms with Crippen molar-refractivity contribution in [2.24, 2.45) is 4.99 Å². The average molecular weight is 524 g/mol. The van der Waals surface area contributed by atoms with Crippen LogP contribution in [0.3, 0.4) is 0 Å². The van der Waals surface area contributed by atoms with E-state index in [1.54, 1.807) is 26.3 Å². The molecular weight excluding hydrogens is 495 g/mol. The maximum atomic E-state index is 11.5. The van der Waals surface area contributed by atoms with E-state index in [0.717, 1.165) is 49.1 Å². The molecule has 1 saturated heterocycles. The third-order valence-corrected chi connectivity index (χ3v) is 5.04. The van der Waals surface area contributed by atoms with E-state index in [9.17, 15) is 4.79 Å². The van der Waals surface area contributed by atoms with E-state index >= 15 is 0 Å². The Labute approximate surface area is 195 Å². The fourth-order valence-electron chi connectivity index (χ4n) is 3.44. The lowest BCUT2D eigenvalue weighted by atomic mass is 10.1. The van der Waals surface area contributed by atoms with Crippen LogP contribution < -0.4 is 15.0 Å². The van der Waals surface area contributed by atoms with Gasteiger partial charge in [0.25, 0.3) is 0 Å². The number of rotatable bonds is 5. The molecule has 2 aromatic carbocycles. The molecule has 7 nitrogen and oxygen atoms in total. The second-order valence-corrected chi connectivity index (χ2v) is 6.74. The minimum Gasteiger partial charge on any atom is -0.495 e. The van der Waals surface area contributed by atoms with Crippen molar-refractivity contribution in [3.05, 3.63) is 59.7 Å². The molecule has 0 saturated carbocycles. The summed E-state index contributed by atoms with van der Waals surface area (Å²) in [6, 6.07) is 15.5. The highest BCUT2D eigenvalue weighted by Crippen LogP contribution is 2.28. The van der Waals surface area contributed by atoms with E-state index in [2.05, 4.69) is 26.2 Å². The van der Waals surface area contributed by atoms with Gasteiger partial charge < -0.3 is 24.6 Å². The molecule has 0 radical (unpaired) electrons. The lowest BCUT2D eigenvalue weighted by Crippen LogP contribution is -2.52. The topological polar surface area (TPSA) is 66.4 Å². The number of carbonyl (C=O) groups is 1. The van der Waals surface area contributed by atoms with Crippen LogP contribution in [-0.2, 0) is 11.3 Å². The molecule has 0 amide bonds. The van der Waals surface area contributed by atoms with Crippen molar-refractivity contribution >= 4 is 41.6 Å². The summed E-state index contributed by atoms with van der Waals surface area (Å²) in [5.74, 6) is 1.45. The maximum Gasteiger partial charge on any atom is 0.337 e. The van der Waals surface area contributed by atoms with Gasteiger partial charge in [-0.3, -0.25) is 4.99 Å². The van der Waals surface area contributed by atoms with E-state index in [1.807, 2.05) is 30.3 Å². The Hall–Kier alpha value is -2.49. The van der Waals surface area contributed by atoms with Gasteiger partial charge in [0.1, 0.15) is 5.75 Å². The maximum absolute atomic E-state index is 11.5. The van der Waals surface area contributed by atoms with Gasteiger partial charge in [-0.1, -0.05) is 24.3 Å². The molecule has 162 valence electrons. The molecule has 1 N–H and O–H groups in total. The molecule has 0 aliphatic carbocycles. The molecule has 2 aromatic rings. The number of nitrogens with zero attached hydrogens (tertiary/aromatic N) is 3. The van der Waals surface area contributed by atoms with Gasteiger partial charge in [-0.2, -0.15) is 0 Å². The molecule has 0 aromatic heterocycles. The fourth-order valence-corrected chi connectivity index (χ4v) is 3.44. The lowest BCUT2D eigenvalue weighted by Gasteiger charge is -2.38. The molecule has 1 aliphatic heterocycles. The summed E-state index contributed by atoms with van der Waals surface area (Å²) in [5, 5.41) is 3.41. The first-order chi connectivity index (χ1) is 14.2. The van der Waals surface area contributed by atoms with E-state index in [4.69, 9.17) is 9.47 Å². The molecule has 1 aliphatic rings. The zero-order valence-electron chi connectivity index (χ0n) is 17.6. The molecule has 8 heteroatoms. The number of hydrogen-bond donors (Lipinski definition) is 1. The number of anilines is 1. The summed E-state index contributed by atoms with van der Waals surface area (Å²) >= 11 is 0. The summed E-state index contributed by atoms with van der Waals surface area (Å²) in [7, 11) is 4.89. The van der Waals surface area contributed by atoms with Gasteiger partial charge in [0.2, 0.25) is 0 Å². The van der Waals surface area contributed by atoms with Gasteiger partial charge >= 0.3 is 5.97 Å². The van der Waals surface area contributed by atoms with E-state index in [-0.39, 0.29) is 29.9 Å². The predicted octanol–water partition coefficient (Wildman–Crippen LogP) is 3.00. The number of esters is 1. The quantitative estimate of drug-likeness (QED) is 0.281. The monoisotopic (exact) mass is 524 g/mol. The van der Waals surface area contributed by atoms with Crippen molar-refractivity contribution < 1.29 is 14.3 Å². The van der Waals surface area contributed by atoms with Crippen LogP contribution in [0.2, 0.25) is 0 Å². The van der Waals surface area contributed by atoms with Crippen molar-refractivity contribution in [1.29, 1.82) is 0 Å². The van der Waals surface area contributed by atoms with Crippen molar-refractivity contribution in [3.63, 3.8) is 0 Å². The summed E-state index contributed by atoms with van der Waals surface area (Å²) in [4.78, 5) is 20.6. The Morgan fingerprint density at radius 2 is 1.70 bits per heavy atom. The number of ether oxygens (including phenoxy) is 2. The smallest absolute Gasteiger partial charge is 0.337 e. The molecule has 0 atom stereocenters. The number of benzene rings is 2. The molecule has 0 spiro atoms. The first kappa shape index (κ1) is 23.8. The second kappa shape index (κ2) is 11.6. The summed E-state index contributed by atoms with van der Waals surface area (Å²) in [6.07, 6.45) is 0. The summed E-state index contributed by atoms with van der Waals surface area (Å²) in [6.45, 7) is 4.18. The van der Waals surface area contributed by atoms with E-state index in [0.29, 0.717) is 12.1 Å². The van der Waals surface area contributed by atoms with E-state index in [1.165, 1.54) is 7.11 Å². The highest BCUT2D eigenvalue weighted by atomic mass is 127. The Balaban J connectivity index is 0.00000320. The van der Waals surface area contributed by atoms with Gasteiger partial charge in [0.15, 0.2) is 5.96 Å². The number of halogens is 1. The van der Waals surface area contributed by atoms with Crippen molar-refractivity contribution in [1.82, 2.24) is 10.2 Å². The fraction of sp³-hybridized carbons (Fsp3) is 0.364. The van der Waals surface area contributed by atoms with Crippen LogP contribution in [0.25, 0.3) is 0 Å².